The fraction of sp³-hybridized carbons (Fsp3) is 0.400. The molecule has 2 N–H and O–H groups in total. The van der Waals surface area contributed by atoms with Crippen LogP contribution in [0, 0.1) is 5.82 Å². The van der Waals surface area contributed by atoms with Crippen LogP contribution in [0.1, 0.15) is 66.0 Å². The van der Waals surface area contributed by atoms with Gasteiger partial charge in [-0.15, -0.1) is 11.8 Å². The number of aromatic nitrogens is 1. The summed E-state index contributed by atoms with van der Waals surface area (Å²) in [6, 6.07) is 9.62. The second kappa shape index (κ2) is 14.0. The molecule has 0 spiro atoms. The predicted molar refractivity (Wildman–Crippen MR) is 157 cm³/mol. The van der Waals surface area contributed by atoms with Crippen molar-refractivity contribution in [1.29, 1.82) is 0 Å². The molecule has 6 nitrogen and oxygen atoms in total. The van der Waals surface area contributed by atoms with Crippen LogP contribution >= 0.6 is 11.8 Å². The zero-order valence-electron chi connectivity index (χ0n) is 23.9. The maximum absolute atomic E-state index is 14.9. The molecule has 0 radical (unpaired) electrons. The number of nitrogens with one attached hydrogen (secondary N) is 2. The Morgan fingerprint density at radius 2 is 1.69 bits per heavy atom. The molecule has 1 saturated carbocycles. The van der Waals surface area contributed by atoms with Crippen LogP contribution in [-0.2, 0) is 40.1 Å². The quantitative estimate of drug-likeness (QED) is 0.215. The minimum Gasteiger partial charge on any atom is -0.351 e. The SMILES string of the molecule is CS(=O)(=O)Nc1ccc(C(Cc2cccc(C(F)(F)F)c2)C(=O)NCc2ccc(C(F)(F)F)nc2SC2CCCCC2)cc1F. The molecule has 1 atom stereocenters. The number of carbonyl (C=O) groups excluding carboxylic acids is 1. The number of halogens is 7. The van der Waals surface area contributed by atoms with Crippen LogP contribution in [0.3, 0.4) is 0 Å². The van der Waals surface area contributed by atoms with Crippen molar-refractivity contribution >= 4 is 33.4 Å². The monoisotopic (exact) mass is 677 g/mol. The first-order chi connectivity index (χ1) is 21.0. The van der Waals surface area contributed by atoms with Crippen molar-refractivity contribution in [2.45, 2.75) is 73.6 Å². The highest BCUT2D eigenvalue weighted by Gasteiger charge is 2.34. The molecule has 1 unspecified atom stereocenters. The molecular weight excluding hydrogens is 647 g/mol. The van der Waals surface area contributed by atoms with E-state index in [4.69, 9.17) is 0 Å². The number of sulfonamides is 1. The van der Waals surface area contributed by atoms with Gasteiger partial charge in [0.05, 0.1) is 23.4 Å². The van der Waals surface area contributed by atoms with E-state index in [1.165, 1.54) is 36.0 Å². The normalized spacial score (nSPS) is 15.5. The fourth-order valence-electron chi connectivity index (χ4n) is 5.01. The molecular formula is C30H30F7N3O3S2. The van der Waals surface area contributed by atoms with Crippen molar-refractivity contribution in [3.05, 3.63) is 88.4 Å². The van der Waals surface area contributed by atoms with Gasteiger partial charge in [0.25, 0.3) is 0 Å². The number of rotatable bonds is 10. The zero-order valence-corrected chi connectivity index (χ0v) is 25.6. The lowest BCUT2D eigenvalue weighted by Gasteiger charge is -2.23. The van der Waals surface area contributed by atoms with Gasteiger partial charge >= 0.3 is 12.4 Å². The van der Waals surface area contributed by atoms with Crippen molar-refractivity contribution < 1.29 is 43.9 Å². The Morgan fingerprint density at radius 1 is 0.978 bits per heavy atom. The van der Waals surface area contributed by atoms with Gasteiger partial charge in [-0.25, -0.2) is 17.8 Å². The van der Waals surface area contributed by atoms with Crippen LogP contribution in [-0.4, -0.2) is 30.8 Å². The van der Waals surface area contributed by atoms with Gasteiger partial charge in [0.15, 0.2) is 0 Å². The van der Waals surface area contributed by atoms with E-state index in [1.807, 2.05) is 4.72 Å². The molecule has 244 valence electrons. The molecule has 0 aliphatic heterocycles. The Morgan fingerprint density at radius 3 is 2.31 bits per heavy atom. The van der Waals surface area contributed by atoms with E-state index < -0.39 is 51.3 Å². The first kappa shape index (κ1) is 34.5. The topological polar surface area (TPSA) is 88.2 Å². The van der Waals surface area contributed by atoms with Gasteiger partial charge in [-0.05, 0) is 54.7 Å². The van der Waals surface area contributed by atoms with Crippen molar-refractivity contribution in [3.63, 3.8) is 0 Å². The third-order valence-electron chi connectivity index (χ3n) is 7.21. The molecule has 15 heteroatoms. The molecule has 4 rings (SSSR count). The summed E-state index contributed by atoms with van der Waals surface area (Å²) < 4.78 is 121. The number of alkyl halides is 6. The lowest BCUT2D eigenvalue weighted by Crippen LogP contribution is -2.31. The number of pyridine rings is 1. The van der Waals surface area contributed by atoms with Gasteiger partial charge in [0.2, 0.25) is 15.9 Å². The Labute approximate surface area is 260 Å². The Kier molecular flexibility index (Phi) is 10.7. The number of nitrogens with zero attached hydrogens (tertiary/aromatic N) is 1. The van der Waals surface area contributed by atoms with Gasteiger partial charge in [-0.1, -0.05) is 49.6 Å². The third-order valence-corrected chi connectivity index (χ3v) is 9.19. The summed E-state index contributed by atoms with van der Waals surface area (Å²) in [5.74, 6) is -2.99. The lowest BCUT2D eigenvalue weighted by molar-refractivity contribution is -0.141. The van der Waals surface area contributed by atoms with Crippen LogP contribution in [0.5, 0.6) is 0 Å². The molecule has 1 fully saturated rings. The van der Waals surface area contributed by atoms with Crippen LogP contribution in [0.2, 0.25) is 0 Å². The molecule has 1 aliphatic carbocycles. The minimum absolute atomic E-state index is 0.0452. The predicted octanol–water partition coefficient (Wildman–Crippen LogP) is 7.70. The van der Waals surface area contributed by atoms with E-state index in [1.54, 1.807) is 0 Å². The van der Waals surface area contributed by atoms with Crippen LogP contribution in [0.25, 0.3) is 0 Å². The van der Waals surface area contributed by atoms with Gasteiger partial charge in [-0.2, -0.15) is 26.3 Å². The Hall–Kier alpha value is -3.33. The summed E-state index contributed by atoms with van der Waals surface area (Å²) in [6.45, 7) is -0.242. The molecule has 2 aromatic carbocycles. The van der Waals surface area contributed by atoms with E-state index in [0.717, 1.165) is 68.7 Å². The van der Waals surface area contributed by atoms with Gasteiger partial charge in [0.1, 0.15) is 16.5 Å². The van der Waals surface area contributed by atoms with E-state index in [9.17, 15) is 43.9 Å². The molecule has 3 aromatic rings. The highest BCUT2D eigenvalue weighted by atomic mass is 32.2. The van der Waals surface area contributed by atoms with E-state index in [-0.39, 0.29) is 40.1 Å². The summed E-state index contributed by atoms with van der Waals surface area (Å²) in [7, 11) is -3.84. The van der Waals surface area contributed by atoms with Crippen molar-refractivity contribution in [1.82, 2.24) is 10.3 Å². The van der Waals surface area contributed by atoms with Crippen molar-refractivity contribution in [3.8, 4) is 0 Å². The second-order valence-corrected chi connectivity index (χ2v) is 13.9. The van der Waals surface area contributed by atoms with Crippen molar-refractivity contribution in [2.75, 3.05) is 11.0 Å². The summed E-state index contributed by atoms with van der Waals surface area (Å²) in [4.78, 5) is 17.4. The van der Waals surface area contributed by atoms with Crippen LogP contribution in [0.15, 0.2) is 59.6 Å². The largest absolute Gasteiger partial charge is 0.433 e. The summed E-state index contributed by atoms with van der Waals surface area (Å²) >= 11 is 1.22. The molecule has 45 heavy (non-hydrogen) atoms. The molecule has 1 heterocycles. The average molecular weight is 678 g/mol. The van der Waals surface area contributed by atoms with Crippen LogP contribution in [0.4, 0.5) is 36.4 Å². The number of carbonyl (C=O) groups is 1. The maximum atomic E-state index is 14.9. The standard InChI is InChI=1S/C30H30F7N3O3S2/c1-45(42,43)40-25-12-10-19(16-24(25)31)23(15-18-6-5-7-21(14-18)29(32,33)34)27(41)38-17-20-11-13-26(30(35,36)37)39-28(20)44-22-8-3-2-4-9-22/h5-7,10-14,16,22-23,40H,2-4,8-9,15,17H2,1H3,(H,38,41). The summed E-state index contributed by atoms with van der Waals surface area (Å²) in [6.07, 6.45) is -4.27. The molecule has 0 bridgehead atoms. The molecule has 1 aliphatic rings. The molecule has 1 amide bonds. The Balaban J connectivity index is 1.64. The highest BCUT2D eigenvalue weighted by molar-refractivity contribution is 7.99. The fourth-order valence-corrected chi connectivity index (χ4v) is 6.91. The highest BCUT2D eigenvalue weighted by Crippen LogP contribution is 2.37. The minimum atomic E-state index is -4.68. The third kappa shape index (κ3) is 9.83. The summed E-state index contributed by atoms with van der Waals surface area (Å²) in [5, 5.41) is 2.82. The van der Waals surface area contributed by atoms with Crippen LogP contribution < -0.4 is 10.0 Å². The number of hydrogen-bond donors (Lipinski definition) is 2. The van der Waals surface area contributed by atoms with E-state index >= 15 is 0 Å². The molecule has 0 saturated heterocycles. The second-order valence-electron chi connectivity index (χ2n) is 10.8. The maximum Gasteiger partial charge on any atom is 0.433 e. The first-order valence-corrected chi connectivity index (χ1v) is 16.7. The van der Waals surface area contributed by atoms with Crippen molar-refractivity contribution in [2.24, 2.45) is 0 Å². The zero-order chi connectivity index (χ0) is 33.0. The number of amides is 1. The average Bonchev–Trinajstić information content (AvgIpc) is 2.95. The summed E-state index contributed by atoms with van der Waals surface area (Å²) in [5.41, 5.74) is -1.92. The first-order valence-electron chi connectivity index (χ1n) is 13.9. The number of thioether (sulfide) groups is 1. The number of hydrogen-bond acceptors (Lipinski definition) is 5. The van der Waals surface area contributed by atoms with Gasteiger partial charge in [0, 0.05) is 17.4 Å². The van der Waals surface area contributed by atoms with Gasteiger partial charge < -0.3 is 5.32 Å². The molecule has 1 aromatic heterocycles. The Bertz CT molecular complexity index is 1620. The smallest absolute Gasteiger partial charge is 0.351 e. The lowest BCUT2D eigenvalue weighted by atomic mass is 9.90. The van der Waals surface area contributed by atoms with E-state index in [2.05, 4.69) is 10.3 Å². The number of benzene rings is 2. The van der Waals surface area contributed by atoms with E-state index in [0.29, 0.717) is 5.56 Å². The van der Waals surface area contributed by atoms with Gasteiger partial charge in [-0.3, -0.25) is 9.52 Å². The number of anilines is 1.